The number of carbonyl (C=O) groups excluding carboxylic acids is 1. The molecule has 6 heteroatoms. The van der Waals surface area contributed by atoms with Gasteiger partial charge in [-0.15, -0.1) is 0 Å². The van der Waals surface area contributed by atoms with E-state index in [4.69, 9.17) is 21.4 Å². The van der Waals surface area contributed by atoms with Crippen LogP contribution in [-0.2, 0) is 9.59 Å². The van der Waals surface area contributed by atoms with Crippen molar-refractivity contribution in [2.24, 2.45) is 0 Å². The Hall–Kier alpha value is -1.75. The summed E-state index contributed by atoms with van der Waals surface area (Å²) in [5.74, 6) is -0.916. The Morgan fingerprint density at radius 3 is 2.70 bits per heavy atom. The first kappa shape index (κ1) is 16.3. The van der Waals surface area contributed by atoms with Crippen molar-refractivity contribution in [3.05, 3.63) is 29.3 Å². The van der Waals surface area contributed by atoms with Crippen molar-refractivity contribution in [3.8, 4) is 5.75 Å². The number of carboxylic acid groups (broad SMARTS) is 1. The van der Waals surface area contributed by atoms with Gasteiger partial charge in [0.05, 0.1) is 0 Å². The number of carboxylic acids is 1. The molecule has 0 aliphatic carbocycles. The molecule has 1 amide bonds. The van der Waals surface area contributed by atoms with Gasteiger partial charge in [0, 0.05) is 11.6 Å². The van der Waals surface area contributed by atoms with Crippen LogP contribution in [0.1, 0.15) is 20.3 Å². The molecular formula is C14H18ClNO4. The van der Waals surface area contributed by atoms with Gasteiger partial charge in [0.1, 0.15) is 12.3 Å². The van der Waals surface area contributed by atoms with Gasteiger partial charge in [0.25, 0.3) is 5.91 Å². The fourth-order valence-electron chi connectivity index (χ4n) is 1.75. The molecular weight excluding hydrogens is 282 g/mol. The normalized spacial score (nSPS) is 11.8. The van der Waals surface area contributed by atoms with Crippen LogP contribution in [0, 0.1) is 0 Å². The van der Waals surface area contributed by atoms with E-state index in [1.165, 1.54) is 4.90 Å². The summed E-state index contributed by atoms with van der Waals surface area (Å²) < 4.78 is 5.50. The molecule has 0 aromatic heterocycles. The van der Waals surface area contributed by atoms with Gasteiger partial charge in [-0.2, -0.15) is 0 Å². The Morgan fingerprint density at radius 1 is 1.45 bits per heavy atom. The summed E-state index contributed by atoms with van der Waals surface area (Å²) in [4.78, 5) is 24.2. The standard InChI is InChI=1S/C14H18ClNO4/c1-3-7-16(9-13(17)18)14(19)10(2)20-12-6-4-5-11(15)8-12/h4-6,8,10H,3,7,9H2,1-2H3,(H,17,18). The van der Waals surface area contributed by atoms with Crippen molar-refractivity contribution < 1.29 is 19.4 Å². The molecule has 110 valence electrons. The Morgan fingerprint density at radius 2 is 2.15 bits per heavy atom. The molecule has 1 aromatic rings. The topological polar surface area (TPSA) is 66.8 Å². The summed E-state index contributed by atoms with van der Waals surface area (Å²) in [6.45, 7) is 3.53. The Labute approximate surface area is 123 Å². The zero-order valence-electron chi connectivity index (χ0n) is 11.5. The maximum absolute atomic E-state index is 12.2. The number of carbonyl (C=O) groups is 2. The van der Waals surface area contributed by atoms with Crippen LogP contribution >= 0.6 is 11.6 Å². The zero-order valence-corrected chi connectivity index (χ0v) is 12.3. The van der Waals surface area contributed by atoms with Crippen molar-refractivity contribution in [1.29, 1.82) is 0 Å². The largest absolute Gasteiger partial charge is 0.481 e. The van der Waals surface area contributed by atoms with E-state index in [2.05, 4.69) is 0 Å². The van der Waals surface area contributed by atoms with Gasteiger partial charge in [0.15, 0.2) is 6.10 Å². The Balaban J connectivity index is 2.70. The number of ether oxygens (including phenoxy) is 1. The second-order valence-electron chi connectivity index (χ2n) is 4.37. The van der Waals surface area contributed by atoms with E-state index in [9.17, 15) is 9.59 Å². The minimum absolute atomic E-state index is 0.323. The quantitative estimate of drug-likeness (QED) is 0.839. The fourth-order valence-corrected chi connectivity index (χ4v) is 1.93. The number of aliphatic carboxylic acids is 1. The lowest BCUT2D eigenvalue weighted by molar-refractivity contribution is -0.147. The number of rotatable bonds is 7. The predicted molar refractivity (Wildman–Crippen MR) is 76.0 cm³/mol. The molecule has 0 heterocycles. The van der Waals surface area contributed by atoms with Gasteiger partial charge in [0.2, 0.25) is 0 Å². The Kier molecular flexibility index (Phi) is 6.31. The molecule has 1 aromatic carbocycles. The van der Waals surface area contributed by atoms with Crippen molar-refractivity contribution in [1.82, 2.24) is 4.90 Å². The van der Waals surface area contributed by atoms with Crippen LogP contribution in [0.25, 0.3) is 0 Å². The smallest absolute Gasteiger partial charge is 0.323 e. The molecule has 1 unspecified atom stereocenters. The molecule has 20 heavy (non-hydrogen) atoms. The molecule has 0 spiro atoms. The van der Waals surface area contributed by atoms with Crippen LogP contribution in [0.15, 0.2) is 24.3 Å². The number of nitrogens with zero attached hydrogens (tertiary/aromatic N) is 1. The second kappa shape index (κ2) is 7.75. The molecule has 0 aliphatic heterocycles. The van der Waals surface area contributed by atoms with Crippen LogP contribution < -0.4 is 4.74 Å². The van der Waals surface area contributed by atoms with Crippen LogP contribution in [0.3, 0.4) is 0 Å². The van der Waals surface area contributed by atoms with Gasteiger partial charge in [-0.1, -0.05) is 24.6 Å². The van der Waals surface area contributed by atoms with E-state index in [0.717, 1.165) is 0 Å². The highest BCUT2D eigenvalue weighted by molar-refractivity contribution is 6.30. The fraction of sp³-hybridized carbons (Fsp3) is 0.429. The molecule has 0 radical (unpaired) electrons. The highest BCUT2D eigenvalue weighted by Crippen LogP contribution is 2.18. The van der Waals surface area contributed by atoms with E-state index >= 15 is 0 Å². The molecule has 0 aliphatic rings. The minimum Gasteiger partial charge on any atom is -0.481 e. The average molecular weight is 300 g/mol. The van der Waals surface area contributed by atoms with Crippen LogP contribution in [0.4, 0.5) is 0 Å². The summed E-state index contributed by atoms with van der Waals surface area (Å²) in [5, 5.41) is 9.33. The summed E-state index contributed by atoms with van der Waals surface area (Å²) >= 11 is 5.84. The highest BCUT2D eigenvalue weighted by Gasteiger charge is 2.23. The van der Waals surface area contributed by atoms with Gasteiger partial charge in [-0.05, 0) is 31.5 Å². The predicted octanol–water partition coefficient (Wildman–Crippen LogP) is 2.43. The van der Waals surface area contributed by atoms with Crippen LogP contribution in [0.5, 0.6) is 5.75 Å². The van der Waals surface area contributed by atoms with Crippen molar-refractivity contribution in [3.63, 3.8) is 0 Å². The maximum Gasteiger partial charge on any atom is 0.323 e. The average Bonchev–Trinajstić information content (AvgIpc) is 2.36. The Bertz CT molecular complexity index is 478. The first-order valence-corrected chi connectivity index (χ1v) is 6.74. The number of halogens is 1. The molecule has 0 saturated carbocycles. The van der Waals surface area contributed by atoms with E-state index in [-0.39, 0.29) is 12.5 Å². The minimum atomic E-state index is -1.04. The van der Waals surface area contributed by atoms with Crippen LogP contribution in [-0.4, -0.2) is 41.1 Å². The lowest BCUT2D eigenvalue weighted by atomic mass is 10.3. The molecule has 0 bridgehead atoms. The highest BCUT2D eigenvalue weighted by atomic mass is 35.5. The summed E-state index contributed by atoms with van der Waals surface area (Å²) in [6.07, 6.45) is -0.0810. The van der Waals surface area contributed by atoms with Crippen molar-refractivity contribution in [2.75, 3.05) is 13.1 Å². The first-order chi connectivity index (χ1) is 9.43. The summed E-state index contributed by atoms with van der Waals surface area (Å²) in [7, 11) is 0. The molecule has 1 N–H and O–H groups in total. The van der Waals surface area contributed by atoms with Crippen molar-refractivity contribution in [2.45, 2.75) is 26.4 Å². The van der Waals surface area contributed by atoms with Gasteiger partial charge < -0.3 is 14.7 Å². The van der Waals surface area contributed by atoms with E-state index in [0.29, 0.717) is 23.7 Å². The SMILES string of the molecule is CCCN(CC(=O)O)C(=O)C(C)Oc1cccc(Cl)c1. The van der Waals surface area contributed by atoms with E-state index in [1.54, 1.807) is 31.2 Å². The lowest BCUT2D eigenvalue weighted by Gasteiger charge is -2.24. The van der Waals surface area contributed by atoms with Gasteiger partial charge in [-0.3, -0.25) is 9.59 Å². The van der Waals surface area contributed by atoms with E-state index < -0.39 is 12.1 Å². The third kappa shape index (κ3) is 5.09. The first-order valence-electron chi connectivity index (χ1n) is 6.36. The molecule has 0 fully saturated rings. The van der Waals surface area contributed by atoms with Gasteiger partial charge >= 0.3 is 5.97 Å². The number of amides is 1. The number of hydrogen-bond acceptors (Lipinski definition) is 3. The number of hydrogen-bond donors (Lipinski definition) is 1. The molecule has 1 atom stereocenters. The molecule has 1 rings (SSSR count). The monoisotopic (exact) mass is 299 g/mol. The van der Waals surface area contributed by atoms with Gasteiger partial charge in [-0.25, -0.2) is 0 Å². The third-order valence-electron chi connectivity index (χ3n) is 2.59. The number of benzene rings is 1. The van der Waals surface area contributed by atoms with Crippen LogP contribution in [0.2, 0.25) is 5.02 Å². The van der Waals surface area contributed by atoms with E-state index in [1.807, 2.05) is 6.92 Å². The molecule has 0 saturated heterocycles. The zero-order chi connectivity index (χ0) is 15.1. The van der Waals surface area contributed by atoms with Crippen molar-refractivity contribution >= 4 is 23.5 Å². The summed E-state index contributed by atoms with van der Waals surface area (Å²) in [5.41, 5.74) is 0. The second-order valence-corrected chi connectivity index (χ2v) is 4.81. The summed E-state index contributed by atoms with van der Waals surface area (Å²) in [6, 6.07) is 6.72. The molecule has 5 nitrogen and oxygen atoms in total. The third-order valence-corrected chi connectivity index (χ3v) is 2.82. The maximum atomic E-state index is 12.2. The lowest BCUT2D eigenvalue weighted by Crippen LogP contribution is -2.43.